The molecule has 0 radical (unpaired) electrons. The van der Waals surface area contributed by atoms with Gasteiger partial charge in [-0.1, -0.05) is 0 Å². The molecule has 15 heavy (non-hydrogen) atoms. The molecule has 0 aliphatic rings. The largest absolute Gasteiger partial charge is 0.303 e. The van der Waals surface area contributed by atoms with E-state index < -0.39 is 0 Å². The number of carbonyl (C=O) groups excluding carboxylic acids is 1. The molecule has 0 saturated heterocycles. The third-order valence-corrected chi connectivity index (χ3v) is 3.36. The zero-order chi connectivity index (χ0) is 10.8. The van der Waals surface area contributed by atoms with Crippen LogP contribution in [0.15, 0.2) is 22.2 Å². The van der Waals surface area contributed by atoms with Crippen LogP contribution in [-0.4, -0.2) is 20.7 Å². The summed E-state index contributed by atoms with van der Waals surface area (Å²) in [7, 11) is 1.76. The quantitative estimate of drug-likeness (QED) is 0.917. The van der Waals surface area contributed by atoms with Crippen molar-refractivity contribution in [3.63, 3.8) is 0 Å². The summed E-state index contributed by atoms with van der Waals surface area (Å²) >= 11 is 4.67. The maximum Gasteiger partial charge on any atom is 0.268 e. The lowest BCUT2D eigenvalue weighted by Gasteiger charge is -2.00. The molecule has 5 nitrogen and oxygen atoms in total. The maximum absolute atomic E-state index is 11.7. The summed E-state index contributed by atoms with van der Waals surface area (Å²) in [6.45, 7) is 0. The highest BCUT2D eigenvalue weighted by molar-refractivity contribution is 9.11. The Morgan fingerprint density at radius 2 is 2.40 bits per heavy atom. The van der Waals surface area contributed by atoms with Gasteiger partial charge >= 0.3 is 0 Å². The van der Waals surface area contributed by atoms with Crippen molar-refractivity contribution < 1.29 is 4.79 Å². The molecule has 0 atom stereocenters. The Morgan fingerprint density at radius 1 is 1.60 bits per heavy atom. The van der Waals surface area contributed by atoms with Crippen molar-refractivity contribution in [2.45, 2.75) is 0 Å². The van der Waals surface area contributed by atoms with Crippen LogP contribution in [0.5, 0.6) is 0 Å². The van der Waals surface area contributed by atoms with Crippen molar-refractivity contribution in [3.05, 3.63) is 27.1 Å². The second kappa shape index (κ2) is 4.11. The van der Waals surface area contributed by atoms with Crippen LogP contribution in [0.25, 0.3) is 0 Å². The van der Waals surface area contributed by atoms with Crippen molar-refractivity contribution in [3.8, 4) is 0 Å². The topological polar surface area (TPSA) is 59.8 Å². The minimum atomic E-state index is -0.179. The summed E-state index contributed by atoms with van der Waals surface area (Å²) in [5.74, 6) is 0.256. The predicted octanol–water partition coefficient (Wildman–Crippen LogP) is 1.89. The molecule has 0 unspecified atom stereocenters. The van der Waals surface area contributed by atoms with Crippen LogP contribution in [0.2, 0.25) is 0 Å². The van der Waals surface area contributed by atoms with Gasteiger partial charge in [0, 0.05) is 7.05 Å². The summed E-state index contributed by atoms with van der Waals surface area (Å²) in [6, 6.07) is 3.58. The summed E-state index contributed by atoms with van der Waals surface area (Å²) < 4.78 is 2.56. The number of hydrogen-bond donors (Lipinski definition) is 1. The minimum Gasteiger partial charge on any atom is -0.303 e. The lowest BCUT2D eigenvalue weighted by Crippen LogP contribution is -2.13. The molecule has 0 aromatic carbocycles. The van der Waals surface area contributed by atoms with E-state index in [9.17, 15) is 4.79 Å². The first-order valence-electron chi connectivity index (χ1n) is 4.07. The molecule has 0 bridgehead atoms. The van der Waals surface area contributed by atoms with Gasteiger partial charge in [0.1, 0.15) is 6.33 Å². The van der Waals surface area contributed by atoms with Crippen LogP contribution in [-0.2, 0) is 7.05 Å². The molecular weight excluding hydrogens is 280 g/mol. The Balaban J connectivity index is 2.14. The molecule has 2 heterocycles. The standard InChI is InChI=1S/C8H7BrN4OS/c1-13-4-10-12-8(13)11-7(14)5-2-3-6(9)15-5/h2-4H,1H3,(H,11,12,14). The SMILES string of the molecule is Cn1cnnc1NC(=O)c1ccc(Br)s1. The average molecular weight is 287 g/mol. The van der Waals surface area contributed by atoms with Gasteiger partial charge in [0.25, 0.3) is 5.91 Å². The number of carbonyl (C=O) groups is 1. The molecule has 2 aromatic heterocycles. The van der Waals surface area contributed by atoms with E-state index in [2.05, 4.69) is 31.4 Å². The third kappa shape index (κ3) is 2.24. The summed E-state index contributed by atoms with van der Waals surface area (Å²) in [6.07, 6.45) is 1.53. The van der Waals surface area contributed by atoms with Crippen LogP contribution < -0.4 is 5.32 Å². The maximum atomic E-state index is 11.7. The van der Waals surface area contributed by atoms with Gasteiger partial charge in [-0.3, -0.25) is 10.1 Å². The van der Waals surface area contributed by atoms with Crippen molar-refractivity contribution in [1.82, 2.24) is 14.8 Å². The monoisotopic (exact) mass is 286 g/mol. The van der Waals surface area contributed by atoms with Gasteiger partial charge in [0.2, 0.25) is 5.95 Å². The van der Waals surface area contributed by atoms with Crippen molar-refractivity contribution >= 4 is 39.1 Å². The van der Waals surface area contributed by atoms with E-state index in [-0.39, 0.29) is 5.91 Å². The molecule has 1 amide bonds. The number of rotatable bonds is 2. The minimum absolute atomic E-state index is 0.179. The van der Waals surface area contributed by atoms with Crippen molar-refractivity contribution in [2.75, 3.05) is 5.32 Å². The predicted molar refractivity (Wildman–Crippen MR) is 61.0 cm³/mol. The van der Waals surface area contributed by atoms with E-state index in [0.717, 1.165) is 3.79 Å². The first-order chi connectivity index (χ1) is 7.16. The molecule has 7 heteroatoms. The van der Waals surface area contributed by atoms with E-state index in [4.69, 9.17) is 0 Å². The Morgan fingerprint density at radius 3 is 2.93 bits per heavy atom. The molecular formula is C8H7BrN4OS. The van der Waals surface area contributed by atoms with Gasteiger partial charge in [-0.25, -0.2) is 0 Å². The number of anilines is 1. The highest BCUT2D eigenvalue weighted by Crippen LogP contribution is 2.22. The van der Waals surface area contributed by atoms with Crippen molar-refractivity contribution in [2.24, 2.45) is 7.05 Å². The number of halogens is 1. The third-order valence-electron chi connectivity index (χ3n) is 1.73. The molecule has 1 N–H and O–H groups in total. The fourth-order valence-electron chi connectivity index (χ4n) is 0.996. The number of aromatic nitrogens is 3. The van der Waals surface area contributed by atoms with Crippen LogP contribution in [0, 0.1) is 0 Å². The normalized spacial score (nSPS) is 10.3. The first-order valence-corrected chi connectivity index (χ1v) is 5.68. The fourth-order valence-corrected chi connectivity index (χ4v) is 2.28. The molecule has 0 aliphatic carbocycles. The van der Waals surface area contributed by atoms with Gasteiger partial charge in [0.05, 0.1) is 8.66 Å². The number of hydrogen-bond acceptors (Lipinski definition) is 4. The highest BCUT2D eigenvalue weighted by atomic mass is 79.9. The van der Waals surface area contributed by atoms with Gasteiger partial charge in [-0.2, -0.15) is 0 Å². The summed E-state index contributed by atoms with van der Waals surface area (Å²) in [5, 5.41) is 10.1. The summed E-state index contributed by atoms with van der Waals surface area (Å²) in [5.41, 5.74) is 0. The molecule has 0 aliphatic heterocycles. The molecule has 78 valence electrons. The number of aryl methyl sites for hydroxylation is 1. The molecule has 0 fully saturated rings. The second-order valence-corrected chi connectivity index (χ2v) is 5.29. The Kier molecular flexibility index (Phi) is 2.83. The van der Waals surface area contributed by atoms with Crippen molar-refractivity contribution in [1.29, 1.82) is 0 Å². The van der Waals surface area contributed by atoms with Crippen LogP contribution in [0.3, 0.4) is 0 Å². The van der Waals surface area contributed by atoms with E-state index in [0.29, 0.717) is 10.8 Å². The van der Waals surface area contributed by atoms with E-state index in [1.165, 1.54) is 17.7 Å². The molecule has 0 spiro atoms. The van der Waals surface area contributed by atoms with Crippen LogP contribution >= 0.6 is 27.3 Å². The molecule has 2 aromatic rings. The summed E-state index contributed by atoms with van der Waals surface area (Å²) in [4.78, 5) is 12.3. The first kappa shape index (κ1) is 10.3. The second-order valence-electron chi connectivity index (χ2n) is 2.82. The average Bonchev–Trinajstić information content (AvgIpc) is 2.77. The lowest BCUT2D eigenvalue weighted by atomic mass is 10.4. The Bertz CT molecular complexity index is 492. The fraction of sp³-hybridized carbons (Fsp3) is 0.125. The number of nitrogens with zero attached hydrogens (tertiary/aromatic N) is 3. The van der Waals surface area contributed by atoms with Crippen LogP contribution in [0.1, 0.15) is 9.67 Å². The highest BCUT2D eigenvalue weighted by Gasteiger charge is 2.11. The van der Waals surface area contributed by atoms with Gasteiger partial charge in [-0.05, 0) is 28.1 Å². The molecule has 2 rings (SSSR count). The van der Waals surface area contributed by atoms with E-state index in [1.807, 2.05) is 6.07 Å². The van der Waals surface area contributed by atoms with Gasteiger partial charge in [0.15, 0.2) is 0 Å². The van der Waals surface area contributed by atoms with Gasteiger partial charge in [-0.15, -0.1) is 21.5 Å². The van der Waals surface area contributed by atoms with Crippen LogP contribution in [0.4, 0.5) is 5.95 Å². The Labute approximate surface area is 98.3 Å². The number of amides is 1. The zero-order valence-electron chi connectivity index (χ0n) is 7.77. The molecule has 0 saturated carbocycles. The Hall–Kier alpha value is -1.21. The van der Waals surface area contributed by atoms with E-state index in [1.54, 1.807) is 17.7 Å². The smallest absolute Gasteiger partial charge is 0.268 e. The van der Waals surface area contributed by atoms with E-state index >= 15 is 0 Å². The lowest BCUT2D eigenvalue weighted by molar-refractivity contribution is 0.102. The van der Waals surface area contributed by atoms with Gasteiger partial charge < -0.3 is 4.57 Å². The number of thiophene rings is 1. The zero-order valence-corrected chi connectivity index (χ0v) is 10.2. The number of nitrogens with one attached hydrogen (secondary N) is 1.